The number of rotatable bonds is 0. The molecular weight excluding hydrogens is 261 g/mol. The Morgan fingerprint density at radius 1 is 0.692 bits per heavy atom. The number of carboxylic acid groups (broad SMARTS) is 3. The molecule has 0 bridgehead atoms. The maximum absolute atomic E-state index is 9.00. The molecule has 0 unspecified atom stereocenters. The summed E-state index contributed by atoms with van der Waals surface area (Å²) in [6.07, 6.45) is 0. The van der Waals surface area contributed by atoms with Gasteiger partial charge in [0.15, 0.2) is 0 Å². The topological polar surface area (TPSA) is 112 Å². The Hall–Kier alpha value is -0.850. The summed E-state index contributed by atoms with van der Waals surface area (Å²) in [4.78, 5) is 27.0. The second-order valence-electron chi connectivity index (χ2n) is 1.56. The average Bonchev–Trinajstić information content (AvgIpc) is 1.54. The van der Waals surface area contributed by atoms with Crippen LogP contribution in [0.4, 0.5) is 0 Å². The molecule has 0 aromatic carbocycles. The van der Waals surface area contributed by atoms with Crippen molar-refractivity contribution in [3.63, 3.8) is 0 Å². The second kappa shape index (κ2) is 17.3. The zero-order valence-corrected chi connectivity index (χ0v) is 9.71. The van der Waals surface area contributed by atoms with Crippen LogP contribution in [0.3, 0.4) is 0 Å². The fourth-order valence-electron chi connectivity index (χ4n) is 0. The van der Waals surface area contributed by atoms with E-state index < -0.39 is 17.9 Å². The largest absolute Gasteiger partial charge is 3.00 e. The van der Waals surface area contributed by atoms with Gasteiger partial charge in [0.2, 0.25) is 0 Å². The molecule has 3 N–H and O–H groups in total. The molecule has 0 saturated heterocycles. The Bertz CT molecular complexity index is 115. The van der Waals surface area contributed by atoms with E-state index in [1.807, 2.05) is 0 Å². The van der Waals surface area contributed by atoms with Crippen LogP contribution in [0.25, 0.3) is 0 Å². The fraction of sp³-hybridized carbons (Fsp3) is 0.500. The van der Waals surface area contributed by atoms with Crippen LogP contribution in [0.1, 0.15) is 20.8 Å². The van der Waals surface area contributed by atoms with Crippen LogP contribution in [0, 0.1) is 0 Å². The first-order valence-corrected chi connectivity index (χ1v) is 2.78. The minimum absolute atomic E-state index is 0. The Morgan fingerprint density at radius 2 is 0.692 bits per heavy atom. The van der Waals surface area contributed by atoms with E-state index in [4.69, 9.17) is 29.7 Å². The third-order valence-corrected chi connectivity index (χ3v) is 0. The molecule has 0 saturated carbocycles. The Balaban J connectivity index is -0.0000000450. The Labute approximate surface area is 91.1 Å². The quantitative estimate of drug-likeness (QED) is 0.546. The standard InChI is InChI=1S/3C2H4O2.Nb/c3*1-2(3)4;/h3*1H3,(H,3,4);/q;;;+3. The molecule has 7 heteroatoms. The van der Waals surface area contributed by atoms with E-state index in [9.17, 15) is 0 Å². The van der Waals surface area contributed by atoms with Crippen molar-refractivity contribution in [2.24, 2.45) is 0 Å². The molecule has 0 amide bonds. The number of carbonyl (C=O) groups is 3. The summed E-state index contributed by atoms with van der Waals surface area (Å²) in [6.45, 7) is 3.25. The maximum atomic E-state index is 9.00. The van der Waals surface area contributed by atoms with E-state index >= 15 is 0 Å². The van der Waals surface area contributed by atoms with Gasteiger partial charge in [-0.15, -0.1) is 0 Å². The Kier molecular flexibility index (Phi) is 30.3. The van der Waals surface area contributed by atoms with E-state index in [1.54, 1.807) is 0 Å². The summed E-state index contributed by atoms with van der Waals surface area (Å²) in [5.41, 5.74) is 0. The van der Waals surface area contributed by atoms with Crippen LogP contribution in [-0.2, 0) is 36.8 Å². The van der Waals surface area contributed by atoms with Crippen LogP contribution in [0.15, 0.2) is 0 Å². The average molecular weight is 273 g/mol. The number of aliphatic carboxylic acids is 3. The van der Waals surface area contributed by atoms with Crippen molar-refractivity contribution >= 4 is 17.9 Å². The van der Waals surface area contributed by atoms with Gasteiger partial charge in [-0.05, 0) is 0 Å². The number of hydrogen-bond acceptors (Lipinski definition) is 3. The molecule has 0 rings (SSSR count). The summed E-state index contributed by atoms with van der Waals surface area (Å²) in [5.74, 6) is -2.50. The van der Waals surface area contributed by atoms with Gasteiger partial charge in [0, 0.05) is 20.8 Å². The van der Waals surface area contributed by atoms with Crippen molar-refractivity contribution in [1.82, 2.24) is 0 Å². The Morgan fingerprint density at radius 3 is 0.692 bits per heavy atom. The fourth-order valence-corrected chi connectivity index (χ4v) is 0. The van der Waals surface area contributed by atoms with E-state index in [-0.39, 0.29) is 22.4 Å². The minimum Gasteiger partial charge on any atom is -0.481 e. The van der Waals surface area contributed by atoms with Crippen LogP contribution in [0.2, 0.25) is 0 Å². The van der Waals surface area contributed by atoms with Gasteiger partial charge in [0.1, 0.15) is 0 Å². The van der Waals surface area contributed by atoms with Gasteiger partial charge in [-0.25, -0.2) is 0 Å². The summed E-state index contributed by atoms with van der Waals surface area (Å²) in [7, 11) is 0. The minimum atomic E-state index is -0.833. The third kappa shape index (κ3) is 1290. The summed E-state index contributed by atoms with van der Waals surface area (Å²) in [6, 6.07) is 0. The molecule has 6 nitrogen and oxygen atoms in total. The van der Waals surface area contributed by atoms with Crippen LogP contribution >= 0.6 is 0 Å². The predicted octanol–water partition coefficient (Wildman–Crippen LogP) is 0.270. The van der Waals surface area contributed by atoms with E-state index in [2.05, 4.69) is 0 Å². The third-order valence-electron chi connectivity index (χ3n) is 0. The van der Waals surface area contributed by atoms with Gasteiger partial charge in [0.05, 0.1) is 0 Å². The van der Waals surface area contributed by atoms with Crippen molar-refractivity contribution in [1.29, 1.82) is 0 Å². The molecule has 0 radical (unpaired) electrons. The maximum Gasteiger partial charge on any atom is 3.00 e. The molecular formula is C6H12NbO6+3. The molecule has 0 aromatic rings. The van der Waals surface area contributed by atoms with Gasteiger partial charge in [-0.1, -0.05) is 0 Å². The SMILES string of the molecule is CC(=O)O.CC(=O)O.CC(=O)O.[Nb+3]. The van der Waals surface area contributed by atoms with Gasteiger partial charge in [0.25, 0.3) is 17.9 Å². The zero-order valence-electron chi connectivity index (χ0n) is 7.51. The molecule has 0 aliphatic carbocycles. The van der Waals surface area contributed by atoms with Crippen LogP contribution in [0.5, 0.6) is 0 Å². The van der Waals surface area contributed by atoms with Gasteiger partial charge in [-0.2, -0.15) is 0 Å². The molecule has 13 heavy (non-hydrogen) atoms. The van der Waals surface area contributed by atoms with Crippen molar-refractivity contribution in [3.05, 3.63) is 0 Å². The summed E-state index contributed by atoms with van der Waals surface area (Å²) in [5, 5.41) is 22.2. The molecule has 0 atom stereocenters. The molecule has 0 spiro atoms. The van der Waals surface area contributed by atoms with Gasteiger partial charge >= 0.3 is 22.4 Å². The smallest absolute Gasteiger partial charge is 0.481 e. The van der Waals surface area contributed by atoms with Crippen molar-refractivity contribution in [2.45, 2.75) is 20.8 Å². The molecule has 0 aromatic heterocycles. The monoisotopic (exact) mass is 273 g/mol. The molecule has 0 fully saturated rings. The molecule has 74 valence electrons. The van der Waals surface area contributed by atoms with Gasteiger partial charge < -0.3 is 15.3 Å². The summed E-state index contributed by atoms with van der Waals surface area (Å²) >= 11 is 0. The molecule has 0 aliphatic heterocycles. The van der Waals surface area contributed by atoms with Gasteiger partial charge in [-0.3, -0.25) is 14.4 Å². The van der Waals surface area contributed by atoms with Crippen LogP contribution < -0.4 is 0 Å². The predicted molar refractivity (Wildman–Crippen MR) is 39.9 cm³/mol. The zero-order chi connectivity index (χ0) is 10.7. The van der Waals surface area contributed by atoms with E-state index in [1.165, 1.54) is 0 Å². The summed E-state index contributed by atoms with van der Waals surface area (Å²) < 4.78 is 0. The molecule has 0 aliphatic rings. The van der Waals surface area contributed by atoms with E-state index in [0.29, 0.717) is 0 Å². The van der Waals surface area contributed by atoms with Crippen LogP contribution in [-0.4, -0.2) is 33.2 Å². The van der Waals surface area contributed by atoms with E-state index in [0.717, 1.165) is 20.8 Å². The first kappa shape index (κ1) is 22.7. The first-order chi connectivity index (χ1) is 5.20. The van der Waals surface area contributed by atoms with Crippen molar-refractivity contribution in [3.8, 4) is 0 Å². The molecule has 0 heterocycles. The normalized spacial score (nSPS) is 5.77. The number of hydrogen-bond donors (Lipinski definition) is 3. The second-order valence-corrected chi connectivity index (χ2v) is 1.56. The van der Waals surface area contributed by atoms with Crippen molar-refractivity contribution in [2.75, 3.05) is 0 Å². The number of carboxylic acids is 3. The first-order valence-electron chi connectivity index (χ1n) is 2.78. The van der Waals surface area contributed by atoms with Crippen molar-refractivity contribution < 1.29 is 52.1 Å².